The molecule has 3 rings (SSSR count). The Labute approximate surface area is 160 Å². The molecule has 1 atom stereocenters. The Morgan fingerprint density at radius 1 is 0.920 bits per heavy atom. The fourth-order valence-corrected chi connectivity index (χ4v) is 2.85. The van der Waals surface area contributed by atoms with Crippen LogP contribution in [0.3, 0.4) is 0 Å². The van der Waals surface area contributed by atoms with Crippen LogP contribution >= 0.6 is 34.8 Å². The third kappa shape index (κ3) is 4.01. The Morgan fingerprint density at radius 3 is 2.20 bits per heavy atom. The quantitative estimate of drug-likeness (QED) is 0.464. The van der Waals surface area contributed by atoms with E-state index in [1.54, 1.807) is 31.2 Å². The number of halogens is 3. The van der Waals surface area contributed by atoms with Gasteiger partial charge in [-0.25, -0.2) is 0 Å². The summed E-state index contributed by atoms with van der Waals surface area (Å²) < 4.78 is 11.6. The van der Waals surface area contributed by atoms with Crippen LogP contribution in [-0.2, 0) is 4.79 Å². The van der Waals surface area contributed by atoms with Crippen LogP contribution in [0.4, 0.5) is 0 Å². The Morgan fingerprint density at radius 2 is 1.56 bits per heavy atom. The second-order valence-electron chi connectivity index (χ2n) is 5.35. The van der Waals surface area contributed by atoms with E-state index in [9.17, 15) is 4.79 Å². The average Bonchev–Trinajstić information content (AvgIpc) is 2.58. The maximum absolute atomic E-state index is 11.2. The molecule has 0 N–H and O–H groups in total. The van der Waals surface area contributed by atoms with E-state index < -0.39 is 11.3 Å². The largest absolute Gasteiger partial charge is 0.481 e. The Kier molecular flexibility index (Phi) is 5.38. The Balaban J connectivity index is 2.01. The normalized spacial score (nSPS) is 12.0. The standard InChI is InChI=1S/C19H13Cl3O3/c1-11(19(22)23)24-16-6-2-5-14-13(16)4-3-7-17(14)25-18-9-8-12(20)10-15(18)21/h2-11H,1H3. The highest BCUT2D eigenvalue weighted by Crippen LogP contribution is 2.37. The molecule has 1 unspecified atom stereocenters. The molecule has 0 bridgehead atoms. The number of carbonyl (C=O) groups is 1. The number of carbonyl (C=O) groups excluding carboxylic acids is 1. The minimum Gasteiger partial charge on any atom is -0.481 e. The van der Waals surface area contributed by atoms with Gasteiger partial charge in [-0.3, -0.25) is 4.79 Å². The van der Waals surface area contributed by atoms with Gasteiger partial charge >= 0.3 is 0 Å². The minimum absolute atomic E-state index is 0.415. The third-order valence-electron chi connectivity index (χ3n) is 3.58. The summed E-state index contributed by atoms with van der Waals surface area (Å²) in [6, 6.07) is 16.1. The smallest absolute Gasteiger partial charge is 0.262 e. The average molecular weight is 396 g/mol. The van der Waals surface area contributed by atoms with Crippen molar-refractivity contribution in [3.63, 3.8) is 0 Å². The van der Waals surface area contributed by atoms with Gasteiger partial charge in [0.25, 0.3) is 5.24 Å². The molecule has 0 spiro atoms. The van der Waals surface area contributed by atoms with E-state index in [4.69, 9.17) is 44.3 Å². The minimum atomic E-state index is -0.748. The SMILES string of the molecule is CC(Oc1cccc2c(Oc3ccc(Cl)cc3Cl)cccc12)C(=O)Cl. The maximum atomic E-state index is 11.2. The molecule has 6 heteroatoms. The van der Waals surface area contributed by atoms with Crippen molar-refractivity contribution in [2.45, 2.75) is 13.0 Å². The Bertz CT molecular complexity index is 940. The summed E-state index contributed by atoms with van der Waals surface area (Å²) in [5.41, 5.74) is 0. The predicted octanol–water partition coefficient (Wildman–Crippen LogP) is 6.47. The lowest BCUT2D eigenvalue weighted by molar-refractivity contribution is -0.117. The van der Waals surface area contributed by atoms with Crippen molar-refractivity contribution in [1.82, 2.24) is 0 Å². The summed E-state index contributed by atoms with van der Waals surface area (Å²) >= 11 is 17.6. The van der Waals surface area contributed by atoms with E-state index in [2.05, 4.69) is 0 Å². The van der Waals surface area contributed by atoms with Crippen LogP contribution in [0.1, 0.15) is 6.92 Å². The van der Waals surface area contributed by atoms with Gasteiger partial charge in [0.15, 0.2) is 6.10 Å². The van der Waals surface area contributed by atoms with Crippen LogP contribution in [0, 0.1) is 0 Å². The number of rotatable bonds is 5. The number of hydrogen-bond donors (Lipinski definition) is 0. The van der Waals surface area contributed by atoms with E-state index in [-0.39, 0.29) is 0 Å². The van der Waals surface area contributed by atoms with Gasteiger partial charge in [0.05, 0.1) is 5.02 Å². The lowest BCUT2D eigenvalue weighted by atomic mass is 10.1. The van der Waals surface area contributed by atoms with Crippen molar-refractivity contribution >= 4 is 50.8 Å². The maximum Gasteiger partial charge on any atom is 0.262 e. The molecule has 128 valence electrons. The zero-order valence-corrected chi connectivity index (χ0v) is 15.4. The molecule has 0 saturated heterocycles. The van der Waals surface area contributed by atoms with Crippen LogP contribution in [0.25, 0.3) is 10.8 Å². The first-order valence-corrected chi connectivity index (χ1v) is 8.60. The van der Waals surface area contributed by atoms with Crippen LogP contribution in [0.5, 0.6) is 17.2 Å². The molecule has 0 amide bonds. The second kappa shape index (κ2) is 7.52. The molecule has 0 saturated carbocycles. The van der Waals surface area contributed by atoms with E-state index in [1.165, 1.54) is 0 Å². The summed E-state index contributed by atoms with van der Waals surface area (Å²) in [5, 5.41) is 2.01. The molecule has 3 nitrogen and oxygen atoms in total. The van der Waals surface area contributed by atoms with Crippen molar-refractivity contribution in [3.8, 4) is 17.2 Å². The Hall–Kier alpha value is -1.94. The van der Waals surface area contributed by atoms with Crippen LogP contribution in [-0.4, -0.2) is 11.3 Å². The molecule has 3 aromatic rings. The summed E-state index contributed by atoms with van der Waals surface area (Å²) in [5.74, 6) is 1.65. The van der Waals surface area contributed by atoms with Gasteiger partial charge in [-0.1, -0.05) is 47.5 Å². The lowest BCUT2D eigenvalue weighted by Crippen LogP contribution is -2.18. The fraction of sp³-hybridized carbons (Fsp3) is 0.105. The molecule has 0 aliphatic heterocycles. The van der Waals surface area contributed by atoms with E-state index in [0.29, 0.717) is 27.3 Å². The molecule has 0 radical (unpaired) electrons. The topological polar surface area (TPSA) is 35.5 Å². The zero-order chi connectivity index (χ0) is 18.0. The van der Waals surface area contributed by atoms with Gasteiger partial charge < -0.3 is 9.47 Å². The second-order valence-corrected chi connectivity index (χ2v) is 6.56. The first-order chi connectivity index (χ1) is 12.0. The number of benzene rings is 3. The van der Waals surface area contributed by atoms with Crippen LogP contribution in [0.15, 0.2) is 54.6 Å². The monoisotopic (exact) mass is 394 g/mol. The number of hydrogen-bond acceptors (Lipinski definition) is 3. The first-order valence-electron chi connectivity index (χ1n) is 7.46. The van der Waals surface area contributed by atoms with Crippen molar-refractivity contribution in [3.05, 3.63) is 64.6 Å². The van der Waals surface area contributed by atoms with Crippen LogP contribution < -0.4 is 9.47 Å². The molecular weight excluding hydrogens is 383 g/mol. The molecular formula is C19H13Cl3O3. The summed E-state index contributed by atoms with van der Waals surface area (Å²) in [4.78, 5) is 11.2. The van der Waals surface area contributed by atoms with Gasteiger partial charge in [-0.2, -0.15) is 0 Å². The van der Waals surface area contributed by atoms with Gasteiger partial charge in [-0.05, 0) is 48.9 Å². The summed E-state index contributed by atoms with van der Waals surface area (Å²) in [6.45, 7) is 1.60. The molecule has 0 aliphatic rings. The molecule has 0 aliphatic carbocycles. The van der Waals surface area contributed by atoms with Gasteiger partial charge in [-0.15, -0.1) is 0 Å². The van der Waals surface area contributed by atoms with Crippen molar-refractivity contribution < 1.29 is 14.3 Å². The molecule has 0 aromatic heterocycles. The van der Waals surface area contributed by atoms with E-state index in [0.717, 1.165) is 10.8 Å². The molecule has 0 heterocycles. The summed E-state index contributed by atoms with van der Waals surface area (Å²) in [6.07, 6.45) is -0.748. The van der Waals surface area contributed by atoms with Crippen molar-refractivity contribution in [1.29, 1.82) is 0 Å². The highest BCUT2D eigenvalue weighted by Gasteiger charge is 2.15. The fourth-order valence-electron chi connectivity index (χ4n) is 2.36. The summed E-state index contributed by atoms with van der Waals surface area (Å²) in [7, 11) is 0. The van der Waals surface area contributed by atoms with E-state index in [1.807, 2.05) is 30.3 Å². The highest BCUT2D eigenvalue weighted by atomic mass is 35.5. The first kappa shape index (κ1) is 17.9. The van der Waals surface area contributed by atoms with Crippen molar-refractivity contribution in [2.75, 3.05) is 0 Å². The van der Waals surface area contributed by atoms with Gasteiger partial charge in [0.2, 0.25) is 0 Å². The molecule has 0 fully saturated rings. The zero-order valence-electron chi connectivity index (χ0n) is 13.1. The van der Waals surface area contributed by atoms with Crippen LogP contribution in [0.2, 0.25) is 10.0 Å². The highest BCUT2D eigenvalue weighted by molar-refractivity contribution is 6.64. The van der Waals surface area contributed by atoms with Gasteiger partial charge in [0, 0.05) is 15.8 Å². The van der Waals surface area contributed by atoms with Gasteiger partial charge in [0.1, 0.15) is 17.2 Å². The number of fused-ring (bicyclic) bond motifs is 1. The third-order valence-corrected chi connectivity index (χ3v) is 4.42. The van der Waals surface area contributed by atoms with Crippen molar-refractivity contribution in [2.24, 2.45) is 0 Å². The molecule has 25 heavy (non-hydrogen) atoms. The number of ether oxygens (including phenoxy) is 2. The molecule has 3 aromatic carbocycles. The van der Waals surface area contributed by atoms with E-state index >= 15 is 0 Å². The lowest BCUT2D eigenvalue weighted by Gasteiger charge is -2.15. The predicted molar refractivity (Wildman–Crippen MR) is 101 cm³/mol.